The lowest BCUT2D eigenvalue weighted by Crippen LogP contribution is -2.22. The van der Waals surface area contributed by atoms with E-state index in [9.17, 15) is 4.79 Å². The summed E-state index contributed by atoms with van der Waals surface area (Å²) < 4.78 is 0.728. The number of thiophene rings is 1. The maximum absolute atomic E-state index is 11.9. The Morgan fingerprint density at radius 1 is 1.17 bits per heavy atom. The van der Waals surface area contributed by atoms with Crippen LogP contribution in [0.25, 0.3) is 0 Å². The molecule has 0 radical (unpaired) electrons. The molecule has 0 aliphatic carbocycles. The van der Waals surface area contributed by atoms with Crippen LogP contribution in [0.3, 0.4) is 0 Å². The third kappa shape index (κ3) is 3.48. The van der Waals surface area contributed by atoms with Crippen LogP contribution in [0.5, 0.6) is 0 Å². The topological polar surface area (TPSA) is 29.1 Å². The molecule has 18 heavy (non-hydrogen) atoms. The molecule has 5 heteroatoms. The Morgan fingerprint density at radius 2 is 1.89 bits per heavy atom. The maximum Gasteiger partial charge on any atom is 0.251 e. The second kappa shape index (κ2) is 6.23. The average Bonchev–Trinajstić information content (AvgIpc) is 2.82. The summed E-state index contributed by atoms with van der Waals surface area (Å²) in [5.74, 6) is 0.357. The zero-order valence-electron chi connectivity index (χ0n) is 9.45. The van der Waals surface area contributed by atoms with Crippen LogP contribution in [0.2, 0.25) is 4.34 Å². The third-order valence-corrected chi connectivity index (χ3v) is 3.96. The molecular formula is C13H11Cl2NOS. The zero-order chi connectivity index (χ0) is 13.0. The van der Waals surface area contributed by atoms with Crippen molar-refractivity contribution in [3.63, 3.8) is 0 Å². The molecule has 0 bridgehead atoms. The van der Waals surface area contributed by atoms with Crippen molar-refractivity contribution in [1.82, 2.24) is 5.32 Å². The van der Waals surface area contributed by atoms with E-state index in [0.29, 0.717) is 18.0 Å². The van der Waals surface area contributed by atoms with Crippen LogP contribution in [0.4, 0.5) is 0 Å². The summed E-state index contributed by atoms with van der Waals surface area (Å²) in [4.78, 5) is 12.9. The number of amides is 1. The number of rotatable bonds is 4. The van der Waals surface area contributed by atoms with Gasteiger partial charge in [-0.1, -0.05) is 23.7 Å². The van der Waals surface area contributed by atoms with Crippen molar-refractivity contribution in [3.05, 3.63) is 56.7 Å². The zero-order valence-corrected chi connectivity index (χ0v) is 11.8. The molecule has 1 amide bonds. The van der Waals surface area contributed by atoms with Crippen LogP contribution in [-0.4, -0.2) is 5.91 Å². The monoisotopic (exact) mass is 299 g/mol. The molecule has 2 aromatic rings. The molecule has 0 atom stereocenters. The Kier molecular flexibility index (Phi) is 4.64. The summed E-state index contributed by atoms with van der Waals surface area (Å²) in [6, 6.07) is 11.0. The molecule has 0 aliphatic heterocycles. The van der Waals surface area contributed by atoms with Crippen LogP contribution in [0.15, 0.2) is 36.4 Å². The molecule has 1 N–H and O–H groups in total. The molecule has 1 aromatic heterocycles. The van der Waals surface area contributed by atoms with Gasteiger partial charge < -0.3 is 5.32 Å². The van der Waals surface area contributed by atoms with Crippen molar-refractivity contribution >= 4 is 40.4 Å². The SMILES string of the molecule is O=C(NCc1ccc(Cl)s1)c1ccc(CCl)cc1. The molecule has 2 nitrogen and oxygen atoms in total. The first-order valence-corrected chi connectivity index (χ1v) is 7.09. The van der Waals surface area contributed by atoms with Crippen LogP contribution >= 0.6 is 34.5 Å². The van der Waals surface area contributed by atoms with Crippen molar-refractivity contribution in [2.45, 2.75) is 12.4 Å². The maximum atomic E-state index is 11.9. The second-order valence-corrected chi connectivity index (χ2v) is 5.79. The van der Waals surface area contributed by atoms with E-state index < -0.39 is 0 Å². The molecule has 0 aliphatic rings. The van der Waals surface area contributed by atoms with Gasteiger partial charge in [0.1, 0.15) is 0 Å². The van der Waals surface area contributed by atoms with Crippen LogP contribution in [0.1, 0.15) is 20.8 Å². The normalized spacial score (nSPS) is 10.3. The molecule has 0 saturated heterocycles. The fraction of sp³-hybridized carbons (Fsp3) is 0.154. The molecule has 0 spiro atoms. The Hall–Kier alpha value is -1.03. The lowest BCUT2D eigenvalue weighted by Gasteiger charge is -2.04. The summed E-state index contributed by atoms with van der Waals surface area (Å²) in [5, 5.41) is 2.85. The number of halogens is 2. The van der Waals surface area contributed by atoms with Gasteiger partial charge in [0.05, 0.1) is 10.9 Å². The number of hydrogen-bond donors (Lipinski definition) is 1. The largest absolute Gasteiger partial charge is 0.347 e. The minimum absolute atomic E-state index is 0.0966. The highest BCUT2D eigenvalue weighted by atomic mass is 35.5. The van der Waals surface area contributed by atoms with Gasteiger partial charge in [-0.2, -0.15) is 0 Å². The number of alkyl halides is 1. The summed E-state index contributed by atoms with van der Waals surface area (Å²) >= 11 is 13.0. The first-order chi connectivity index (χ1) is 8.69. The van der Waals surface area contributed by atoms with Gasteiger partial charge in [-0.05, 0) is 29.8 Å². The first-order valence-electron chi connectivity index (χ1n) is 5.36. The van der Waals surface area contributed by atoms with Crippen molar-refractivity contribution in [3.8, 4) is 0 Å². The van der Waals surface area contributed by atoms with E-state index in [1.807, 2.05) is 24.3 Å². The van der Waals surface area contributed by atoms with Gasteiger partial charge in [0.25, 0.3) is 5.91 Å². The van der Waals surface area contributed by atoms with Gasteiger partial charge in [-0.3, -0.25) is 4.79 Å². The number of nitrogens with one attached hydrogen (secondary N) is 1. The van der Waals surface area contributed by atoms with Gasteiger partial charge >= 0.3 is 0 Å². The second-order valence-electron chi connectivity index (χ2n) is 3.72. The lowest BCUT2D eigenvalue weighted by atomic mass is 10.1. The fourth-order valence-electron chi connectivity index (χ4n) is 1.46. The Balaban J connectivity index is 1.94. The number of hydrogen-bond acceptors (Lipinski definition) is 2. The summed E-state index contributed by atoms with van der Waals surface area (Å²) in [6.45, 7) is 0.494. The predicted molar refractivity (Wildman–Crippen MR) is 76.5 cm³/mol. The fourth-order valence-corrected chi connectivity index (χ4v) is 2.67. The lowest BCUT2D eigenvalue weighted by molar-refractivity contribution is 0.0951. The van der Waals surface area contributed by atoms with Gasteiger partial charge in [-0.25, -0.2) is 0 Å². The summed E-state index contributed by atoms with van der Waals surface area (Å²) in [7, 11) is 0. The van der Waals surface area contributed by atoms with Crippen molar-refractivity contribution in [1.29, 1.82) is 0 Å². The number of carbonyl (C=O) groups excluding carboxylic acids is 1. The van der Waals surface area contributed by atoms with Crippen molar-refractivity contribution in [2.24, 2.45) is 0 Å². The van der Waals surface area contributed by atoms with E-state index in [4.69, 9.17) is 23.2 Å². The van der Waals surface area contributed by atoms with Gasteiger partial charge in [0.2, 0.25) is 0 Å². The smallest absolute Gasteiger partial charge is 0.251 e. The number of benzene rings is 1. The van der Waals surface area contributed by atoms with E-state index >= 15 is 0 Å². The molecular weight excluding hydrogens is 289 g/mol. The van der Waals surface area contributed by atoms with E-state index in [1.54, 1.807) is 12.1 Å². The molecule has 2 rings (SSSR count). The summed E-state index contributed by atoms with van der Waals surface area (Å²) in [6.07, 6.45) is 0. The van der Waals surface area contributed by atoms with Gasteiger partial charge in [-0.15, -0.1) is 22.9 Å². The van der Waals surface area contributed by atoms with Crippen molar-refractivity contribution < 1.29 is 4.79 Å². The highest BCUT2D eigenvalue weighted by Gasteiger charge is 2.06. The van der Waals surface area contributed by atoms with Crippen molar-refractivity contribution in [2.75, 3.05) is 0 Å². The molecule has 0 fully saturated rings. The first kappa shape index (κ1) is 13.4. The van der Waals surface area contributed by atoms with E-state index in [-0.39, 0.29) is 5.91 Å². The molecule has 1 heterocycles. The summed E-state index contributed by atoms with van der Waals surface area (Å²) in [5.41, 5.74) is 1.63. The van der Waals surface area contributed by atoms with Crippen LogP contribution in [-0.2, 0) is 12.4 Å². The Bertz CT molecular complexity index is 536. The molecule has 1 aromatic carbocycles. The van der Waals surface area contributed by atoms with Crippen LogP contribution < -0.4 is 5.32 Å². The third-order valence-electron chi connectivity index (χ3n) is 2.42. The average molecular weight is 300 g/mol. The van der Waals surface area contributed by atoms with Gasteiger partial charge in [0.15, 0.2) is 0 Å². The number of carbonyl (C=O) groups is 1. The van der Waals surface area contributed by atoms with E-state index in [0.717, 1.165) is 14.8 Å². The minimum atomic E-state index is -0.0966. The van der Waals surface area contributed by atoms with Gasteiger partial charge in [0, 0.05) is 16.3 Å². The minimum Gasteiger partial charge on any atom is -0.347 e. The van der Waals surface area contributed by atoms with E-state index in [2.05, 4.69) is 5.32 Å². The Labute approximate surface area is 120 Å². The predicted octanol–water partition coefficient (Wildman–Crippen LogP) is 4.07. The molecule has 0 unspecified atom stereocenters. The molecule has 94 valence electrons. The molecule has 0 saturated carbocycles. The quantitative estimate of drug-likeness (QED) is 0.847. The highest BCUT2D eigenvalue weighted by Crippen LogP contribution is 2.21. The van der Waals surface area contributed by atoms with E-state index in [1.165, 1.54) is 11.3 Å². The van der Waals surface area contributed by atoms with Crippen LogP contribution in [0, 0.1) is 0 Å². The highest BCUT2D eigenvalue weighted by molar-refractivity contribution is 7.16. The standard InChI is InChI=1S/C13H11Cl2NOS/c14-7-9-1-3-10(4-2-9)13(17)16-8-11-5-6-12(15)18-11/h1-6H,7-8H2,(H,16,17). The Morgan fingerprint density at radius 3 is 2.44 bits per heavy atom.